The van der Waals surface area contributed by atoms with Crippen molar-refractivity contribution in [2.75, 3.05) is 6.61 Å². The zero-order chi connectivity index (χ0) is 16.3. The van der Waals surface area contributed by atoms with E-state index in [2.05, 4.69) is 0 Å². The molecule has 0 saturated carbocycles. The number of nitrogens with zero attached hydrogens (tertiary/aromatic N) is 1. The minimum absolute atomic E-state index is 0.320. The number of Topliss-reactive ketones (excluding diaryl/α,β-unsaturated/α-hetero) is 1. The SMILES string of the molecule is Cc1ccc(C(=O)COC(=O)c2ccc([N+](=O)[O-])o2)cc1C. The molecule has 0 aliphatic rings. The summed E-state index contributed by atoms with van der Waals surface area (Å²) in [7, 11) is 0. The van der Waals surface area contributed by atoms with Gasteiger partial charge in [-0.15, -0.1) is 0 Å². The fourth-order valence-corrected chi connectivity index (χ4v) is 1.74. The van der Waals surface area contributed by atoms with Crippen molar-refractivity contribution >= 4 is 17.6 Å². The van der Waals surface area contributed by atoms with Crippen LogP contribution in [0.5, 0.6) is 0 Å². The highest BCUT2D eigenvalue weighted by Crippen LogP contribution is 2.16. The standard InChI is InChI=1S/C15H13NO6/c1-9-3-4-11(7-10(9)2)12(17)8-21-15(18)13-5-6-14(22-13)16(19)20/h3-7H,8H2,1-2H3. The summed E-state index contributed by atoms with van der Waals surface area (Å²) in [5.74, 6) is -2.17. The number of rotatable bonds is 5. The van der Waals surface area contributed by atoms with E-state index in [1.54, 1.807) is 18.2 Å². The Labute approximate surface area is 125 Å². The van der Waals surface area contributed by atoms with Crippen molar-refractivity contribution in [1.82, 2.24) is 0 Å². The largest absolute Gasteiger partial charge is 0.451 e. The predicted molar refractivity (Wildman–Crippen MR) is 75.9 cm³/mol. The fourth-order valence-electron chi connectivity index (χ4n) is 1.74. The maximum atomic E-state index is 11.9. The Morgan fingerprint density at radius 3 is 2.50 bits per heavy atom. The van der Waals surface area contributed by atoms with Gasteiger partial charge in [0, 0.05) is 5.56 Å². The van der Waals surface area contributed by atoms with Gasteiger partial charge in [0.2, 0.25) is 5.76 Å². The van der Waals surface area contributed by atoms with Crippen LogP contribution in [-0.2, 0) is 4.74 Å². The number of carbonyl (C=O) groups excluding carboxylic acids is 2. The van der Waals surface area contributed by atoms with E-state index in [9.17, 15) is 19.7 Å². The van der Waals surface area contributed by atoms with E-state index >= 15 is 0 Å². The molecular weight excluding hydrogens is 290 g/mol. The lowest BCUT2D eigenvalue weighted by Gasteiger charge is -2.05. The molecule has 2 rings (SSSR count). The van der Waals surface area contributed by atoms with Crippen LogP contribution in [0.3, 0.4) is 0 Å². The zero-order valence-corrected chi connectivity index (χ0v) is 12.0. The number of furan rings is 1. The van der Waals surface area contributed by atoms with Gasteiger partial charge >= 0.3 is 11.9 Å². The molecule has 0 aliphatic heterocycles. The molecule has 2 aromatic rings. The topological polar surface area (TPSA) is 99.7 Å². The molecule has 7 heteroatoms. The average molecular weight is 303 g/mol. The summed E-state index contributed by atoms with van der Waals surface area (Å²) in [6.45, 7) is 3.34. The van der Waals surface area contributed by atoms with Crippen LogP contribution in [0.25, 0.3) is 0 Å². The highest BCUT2D eigenvalue weighted by atomic mass is 16.7. The molecule has 0 radical (unpaired) electrons. The van der Waals surface area contributed by atoms with Gasteiger partial charge in [0.15, 0.2) is 12.4 Å². The normalized spacial score (nSPS) is 10.3. The molecule has 22 heavy (non-hydrogen) atoms. The summed E-state index contributed by atoms with van der Waals surface area (Å²) in [4.78, 5) is 33.3. The van der Waals surface area contributed by atoms with Crippen LogP contribution < -0.4 is 0 Å². The monoisotopic (exact) mass is 303 g/mol. The van der Waals surface area contributed by atoms with Crippen LogP contribution >= 0.6 is 0 Å². The molecule has 7 nitrogen and oxygen atoms in total. The molecule has 0 N–H and O–H groups in total. The molecule has 0 bridgehead atoms. The van der Waals surface area contributed by atoms with Crippen LogP contribution in [0, 0.1) is 24.0 Å². The Morgan fingerprint density at radius 2 is 1.91 bits per heavy atom. The van der Waals surface area contributed by atoms with Crippen molar-refractivity contribution < 1.29 is 23.7 Å². The lowest BCUT2D eigenvalue weighted by atomic mass is 10.0. The van der Waals surface area contributed by atoms with E-state index in [0.29, 0.717) is 5.56 Å². The first-order chi connectivity index (χ1) is 10.4. The first-order valence-electron chi connectivity index (χ1n) is 6.40. The number of ketones is 1. The van der Waals surface area contributed by atoms with Crippen molar-refractivity contribution in [2.24, 2.45) is 0 Å². The van der Waals surface area contributed by atoms with Gasteiger partial charge in [-0.05, 0) is 37.1 Å². The summed E-state index contributed by atoms with van der Waals surface area (Å²) in [5.41, 5.74) is 2.44. The Balaban J connectivity index is 1.99. The first-order valence-corrected chi connectivity index (χ1v) is 6.40. The van der Waals surface area contributed by atoms with E-state index in [1.807, 2.05) is 13.8 Å². The van der Waals surface area contributed by atoms with E-state index in [1.165, 1.54) is 0 Å². The molecule has 0 aliphatic carbocycles. The summed E-state index contributed by atoms with van der Waals surface area (Å²) in [6.07, 6.45) is 0. The lowest BCUT2D eigenvalue weighted by Crippen LogP contribution is -2.14. The Bertz CT molecular complexity index is 746. The summed E-state index contributed by atoms with van der Waals surface area (Å²) < 4.78 is 9.50. The Kier molecular flexibility index (Phi) is 4.36. The molecule has 1 heterocycles. The van der Waals surface area contributed by atoms with Crippen LogP contribution in [0.1, 0.15) is 32.0 Å². The van der Waals surface area contributed by atoms with E-state index in [-0.39, 0.29) is 11.5 Å². The van der Waals surface area contributed by atoms with E-state index in [0.717, 1.165) is 23.3 Å². The molecule has 0 atom stereocenters. The van der Waals surface area contributed by atoms with Gasteiger partial charge in [-0.3, -0.25) is 14.9 Å². The van der Waals surface area contributed by atoms with Crippen LogP contribution in [0.15, 0.2) is 34.7 Å². The molecule has 114 valence electrons. The molecule has 0 spiro atoms. The molecule has 0 fully saturated rings. The van der Waals surface area contributed by atoms with Crippen molar-refractivity contribution in [3.8, 4) is 0 Å². The lowest BCUT2D eigenvalue weighted by molar-refractivity contribution is -0.402. The van der Waals surface area contributed by atoms with Gasteiger partial charge in [0.05, 0.1) is 6.07 Å². The maximum absolute atomic E-state index is 11.9. The first kappa shape index (κ1) is 15.4. The number of ether oxygens (including phenoxy) is 1. The Hall–Kier alpha value is -2.96. The minimum atomic E-state index is -0.926. The third-order valence-electron chi connectivity index (χ3n) is 3.14. The third kappa shape index (κ3) is 3.38. The number of hydrogen-bond acceptors (Lipinski definition) is 6. The van der Waals surface area contributed by atoms with Crippen molar-refractivity contribution in [1.29, 1.82) is 0 Å². The maximum Gasteiger partial charge on any atom is 0.433 e. The quantitative estimate of drug-likeness (QED) is 0.364. The highest BCUT2D eigenvalue weighted by molar-refractivity contribution is 5.99. The van der Waals surface area contributed by atoms with Gasteiger partial charge in [0.1, 0.15) is 4.92 Å². The van der Waals surface area contributed by atoms with E-state index in [4.69, 9.17) is 9.15 Å². The Morgan fingerprint density at radius 1 is 1.18 bits per heavy atom. The van der Waals surface area contributed by atoms with Crippen molar-refractivity contribution in [3.63, 3.8) is 0 Å². The van der Waals surface area contributed by atoms with Gasteiger partial charge < -0.3 is 9.15 Å². The minimum Gasteiger partial charge on any atom is -0.451 e. The summed E-state index contributed by atoms with van der Waals surface area (Å²) in [6, 6.07) is 7.34. The second kappa shape index (κ2) is 6.21. The second-order valence-corrected chi connectivity index (χ2v) is 4.69. The molecule has 0 unspecified atom stereocenters. The molecular formula is C15H13NO6. The third-order valence-corrected chi connectivity index (χ3v) is 3.14. The smallest absolute Gasteiger partial charge is 0.433 e. The van der Waals surface area contributed by atoms with E-state index < -0.39 is 23.4 Å². The number of carbonyl (C=O) groups is 2. The summed E-state index contributed by atoms with van der Waals surface area (Å²) in [5, 5.41) is 10.5. The van der Waals surface area contributed by atoms with Gasteiger partial charge in [0.25, 0.3) is 0 Å². The average Bonchev–Trinajstić information content (AvgIpc) is 2.97. The number of esters is 1. The van der Waals surface area contributed by atoms with Crippen LogP contribution in [-0.4, -0.2) is 23.3 Å². The van der Waals surface area contributed by atoms with Crippen molar-refractivity contribution in [3.05, 3.63) is 62.9 Å². The van der Waals surface area contributed by atoms with Gasteiger partial charge in [-0.25, -0.2) is 4.79 Å². The second-order valence-electron chi connectivity index (χ2n) is 4.69. The number of nitro groups is 1. The van der Waals surface area contributed by atoms with Gasteiger partial charge in [-0.2, -0.15) is 0 Å². The van der Waals surface area contributed by atoms with Gasteiger partial charge in [-0.1, -0.05) is 12.1 Å². The number of hydrogen-bond donors (Lipinski definition) is 0. The summed E-state index contributed by atoms with van der Waals surface area (Å²) >= 11 is 0. The highest BCUT2D eigenvalue weighted by Gasteiger charge is 2.19. The van der Waals surface area contributed by atoms with Crippen LogP contribution in [0.2, 0.25) is 0 Å². The molecule has 1 aromatic carbocycles. The van der Waals surface area contributed by atoms with Crippen LogP contribution in [0.4, 0.5) is 5.88 Å². The fraction of sp³-hybridized carbons (Fsp3) is 0.200. The number of benzene rings is 1. The molecule has 1 aromatic heterocycles. The predicted octanol–water partition coefficient (Wildman–Crippen LogP) is 2.84. The van der Waals surface area contributed by atoms with Crippen molar-refractivity contribution in [2.45, 2.75) is 13.8 Å². The number of aryl methyl sites for hydroxylation is 2. The zero-order valence-electron chi connectivity index (χ0n) is 12.0. The molecule has 0 saturated heterocycles. The molecule has 0 amide bonds.